The molecule has 0 heterocycles. The molecule has 1 atom stereocenters. The molecule has 1 unspecified atom stereocenters. The normalized spacial score (nSPS) is 13.6. The highest BCUT2D eigenvalue weighted by Gasteiger charge is 2.09. The maximum absolute atomic E-state index is 3.62. The van der Waals surface area contributed by atoms with Gasteiger partial charge in [0.05, 0.1) is 0 Å². The molecule has 0 amide bonds. The van der Waals surface area contributed by atoms with Gasteiger partial charge in [-0.3, -0.25) is 0 Å². The van der Waals surface area contributed by atoms with E-state index in [0.717, 1.165) is 5.92 Å². The first kappa shape index (κ1) is 13.7. The van der Waals surface area contributed by atoms with Crippen molar-refractivity contribution in [2.24, 2.45) is 5.92 Å². The molecule has 0 radical (unpaired) electrons. The molecule has 0 aliphatic heterocycles. The number of alkyl halides is 1. The van der Waals surface area contributed by atoms with Crippen LogP contribution in [0.3, 0.4) is 0 Å². The van der Waals surface area contributed by atoms with Crippen LogP contribution < -0.4 is 5.32 Å². The molecule has 0 aromatic heterocycles. The van der Waals surface area contributed by atoms with Crippen LogP contribution in [0.15, 0.2) is 0 Å². The zero-order valence-electron chi connectivity index (χ0n) is 9.28. The van der Waals surface area contributed by atoms with Gasteiger partial charge >= 0.3 is 0 Å². The Kier molecular flexibility index (Phi) is 9.74. The van der Waals surface area contributed by atoms with E-state index in [2.05, 4.69) is 48.7 Å². The maximum atomic E-state index is 3.62. The smallest absolute Gasteiger partial charge is 0.0180 e. The lowest BCUT2D eigenvalue weighted by Crippen LogP contribution is -2.35. The Hall–Kier alpha value is 0.690. The van der Waals surface area contributed by atoms with Gasteiger partial charge in [-0.2, -0.15) is 0 Å². The Morgan fingerprint density at radius 3 is 2.31 bits per heavy atom. The van der Waals surface area contributed by atoms with Crippen LogP contribution in [-0.4, -0.2) is 17.0 Å². The molecule has 1 N–H and O–H groups in total. The number of halogens is 1. The fraction of sp³-hybridized carbons (Fsp3) is 1.00. The molecule has 2 heteroatoms. The average molecular weight is 297 g/mol. The zero-order chi connectivity index (χ0) is 10.1. The van der Waals surface area contributed by atoms with Gasteiger partial charge in [0.1, 0.15) is 0 Å². The summed E-state index contributed by atoms with van der Waals surface area (Å²) in [7, 11) is 0. The summed E-state index contributed by atoms with van der Waals surface area (Å²) in [5.74, 6) is 0.767. The van der Waals surface area contributed by atoms with Gasteiger partial charge in [0.15, 0.2) is 0 Å². The van der Waals surface area contributed by atoms with Crippen molar-refractivity contribution in [1.82, 2.24) is 5.32 Å². The SMILES string of the molecule is CCCCCCNC(CI)C(C)C. The summed E-state index contributed by atoms with van der Waals surface area (Å²) in [6, 6.07) is 0.710. The van der Waals surface area contributed by atoms with Crippen molar-refractivity contribution in [2.45, 2.75) is 52.5 Å². The minimum atomic E-state index is 0.710. The second kappa shape index (κ2) is 9.25. The van der Waals surface area contributed by atoms with Gasteiger partial charge in [-0.15, -0.1) is 0 Å². The molecule has 0 fully saturated rings. The molecule has 0 rings (SSSR count). The molecule has 13 heavy (non-hydrogen) atoms. The Labute approximate surface area is 97.2 Å². The predicted octanol–water partition coefficient (Wildman–Crippen LogP) is 3.62. The highest BCUT2D eigenvalue weighted by molar-refractivity contribution is 14.1. The molecular formula is C11H24IN. The number of rotatable bonds is 8. The molecule has 0 aromatic carbocycles. The number of nitrogens with one attached hydrogen (secondary N) is 1. The summed E-state index contributed by atoms with van der Waals surface area (Å²) >= 11 is 2.47. The minimum Gasteiger partial charge on any atom is -0.313 e. The molecule has 0 aromatic rings. The first-order valence-electron chi connectivity index (χ1n) is 5.51. The van der Waals surface area contributed by atoms with Crippen LogP contribution in [0.25, 0.3) is 0 Å². The van der Waals surface area contributed by atoms with E-state index >= 15 is 0 Å². The summed E-state index contributed by atoms with van der Waals surface area (Å²) in [5, 5.41) is 3.62. The minimum absolute atomic E-state index is 0.710. The topological polar surface area (TPSA) is 12.0 Å². The Morgan fingerprint density at radius 1 is 1.15 bits per heavy atom. The molecule has 0 aliphatic carbocycles. The van der Waals surface area contributed by atoms with E-state index in [4.69, 9.17) is 0 Å². The Balaban J connectivity index is 3.28. The van der Waals surface area contributed by atoms with Crippen LogP contribution in [-0.2, 0) is 0 Å². The summed E-state index contributed by atoms with van der Waals surface area (Å²) in [4.78, 5) is 0. The van der Waals surface area contributed by atoms with Crippen LogP contribution in [0.2, 0.25) is 0 Å². The predicted molar refractivity (Wildman–Crippen MR) is 69.7 cm³/mol. The van der Waals surface area contributed by atoms with E-state index in [0.29, 0.717) is 6.04 Å². The van der Waals surface area contributed by atoms with E-state index in [1.165, 1.54) is 36.7 Å². The lowest BCUT2D eigenvalue weighted by atomic mass is 10.1. The lowest BCUT2D eigenvalue weighted by Gasteiger charge is -2.19. The number of hydrogen-bond acceptors (Lipinski definition) is 1. The third-order valence-electron chi connectivity index (χ3n) is 2.41. The third kappa shape index (κ3) is 7.74. The molecule has 0 saturated carbocycles. The highest BCUT2D eigenvalue weighted by Crippen LogP contribution is 2.05. The molecule has 80 valence electrons. The van der Waals surface area contributed by atoms with Crippen LogP contribution in [0.5, 0.6) is 0 Å². The van der Waals surface area contributed by atoms with E-state index in [9.17, 15) is 0 Å². The van der Waals surface area contributed by atoms with Gasteiger partial charge < -0.3 is 5.32 Å². The number of hydrogen-bond donors (Lipinski definition) is 1. The Morgan fingerprint density at radius 2 is 1.85 bits per heavy atom. The van der Waals surface area contributed by atoms with Crippen molar-refractivity contribution < 1.29 is 0 Å². The van der Waals surface area contributed by atoms with Gasteiger partial charge in [-0.05, 0) is 18.9 Å². The highest BCUT2D eigenvalue weighted by atomic mass is 127. The van der Waals surface area contributed by atoms with E-state index < -0.39 is 0 Å². The van der Waals surface area contributed by atoms with Crippen molar-refractivity contribution in [1.29, 1.82) is 0 Å². The van der Waals surface area contributed by atoms with Crippen molar-refractivity contribution in [3.63, 3.8) is 0 Å². The molecular weight excluding hydrogens is 273 g/mol. The monoisotopic (exact) mass is 297 g/mol. The second-order valence-corrected chi connectivity index (χ2v) is 4.90. The number of unbranched alkanes of at least 4 members (excludes halogenated alkanes) is 3. The molecule has 0 bridgehead atoms. The van der Waals surface area contributed by atoms with Crippen LogP contribution in [0, 0.1) is 5.92 Å². The van der Waals surface area contributed by atoms with E-state index in [1.807, 2.05) is 0 Å². The van der Waals surface area contributed by atoms with Crippen molar-refractivity contribution >= 4 is 22.6 Å². The van der Waals surface area contributed by atoms with Gasteiger partial charge in [-0.25, -0.2) is 0 Å². The summed E-state index contributed by atoms with van der Waals surface area (Å²) in [6.45, 7) is 8.05. The fourth-order valence-corrected chi connectivity index (χ4v) is 2.64. The van der Waals surface area contributed by atoms with Crippen LogP contribution in [0.1, 0.15) is 46.5 Å². The molecule has 0 spiro atoms. The summed E-state index contributed by atoms with van der Waals surface area (Å²) < 4.78 is 1.23. The van der Waals surface area contributed by atoms with Crippen molar-refractivity contribution in [3.8, 4) is 0 Å². The van der Waals surface area contributed by atoms with Crippen LogP contribution in [0.4, 0.5) is 0 Å². The third-order valence-corrected chi connectivity index (χ3v) is 3.36. The second-order valence-electron chi connectivity index (χ2n) is 4.02. The zero-order valence-corrected chi connectivity index (χ0v) is 11.4. The molecule has 0 saturated heterocycles. The van der Waals surface area contributed by atoms with Crippen LogP contribution >= 0.6 is 22.6 Å². The van der Waals surface area contributed by atoms with E-state index in [-0.39, 0.29) is 0 Å². The van der Waals surface area contributed by atoms with Gasteiger partial charge in [0, 0.05) is 10.5 Å². The van der Waals surface area contributed by atoms with Gasteiger partial charge in [-0.1, -0.05) is 62.6 Å². The largest absolute Gasteiger partial charge is 0.313 e. The maximum Gasteiger partial charge on any atom is 0.0180 e. The standard InChI is InChI=1S/C11H24IN/c1-4-5-6-7-8-13-11(9-12)10(2)3/h10-11,13H,4-9H2,1-3H3. The fourth-order valence-electron chi connectivity index (χ4n) is 1.31. The molecule has 1 nitrogen and oxygen atoms in total. The average Bonchev–Trinajstić information content (AvgIpc) is 2.10. The first-order chi connectivity index (χ1) is 6.22. The lowest BCUT2D eigenvalue weighted by molar-refractivity contribution is 0.429. The van der Waals surface area contributed by atoms with Gasteiger partial charge in [0.2, 0.25) is 0 Å². The Bertz CT molecular complexity index is 104. The summed E-state index contributed by atoms with van der Waals surface area (Å²) in [5.41, 5.74) is 0. The van der Waals surface area contributed by atoms with Crippen molar-refractivity contribution in [2.75, 3.05) is 11.0 Å². The van der Waals surface area contributed by atoms with Gasteiger partial charge in [0.25, 0.3) is 0 Å². The van der Waals surface area contributed by atoms with Crippen molar-refractivity contribution in [3.05, 3.63) is 0 Å². The quantitative estimate of drug-likeness (QED) is 0.410. The summed E-state index contributed by atoms with van der Waals surface area (Å²) in [6.07, 6.45) is 5.45. The van der Waals surface area contributed by atoms with E-state index in [1.54, 1.807) is 0 Å². The molecule has 0 aliphatic rings. The first-order valence-corrected chi connectivity index (χ1v) is 7.04.